The van der Waals surface area contributed by atoms with Crippen LogP contribution < -0.4 is 15.4 Å². The Kier molecular flexibility index (Phi) is 4.48. The summed E-state index contributed by atoms with van der Waals surface area (Å²) in [5.74, 6) is 0.846. The highest BCUT2D eigenvalue weighted by atomic mass is 35.5. The molecule has 0 radical (unpaired) electrons. The van der Waals surface area contributed by atoms with E-state index < -0.39 is 0 Å². The molecule has 2 N–H and O–H groups in total. The van der Waals surface area contributed by atoms with E-state index in [2.05, 4.69) is 4.98 Å². The number of fused-ring (bicyclic) bond motifs is 1. The van der Waals surface area contributed by atoms with Crippen molar-refractivity contribution in [3.63, 3.8) is 0 Å². The summed E-state index contributed by atoms with van der Waals surface area (Å²) in [5, 5.41) is 3.23. The van der Waals surface area contributed by atoms with Crippen LogP contribution in [0.25, 0.3) is 0 Å². The van der Waals surface area contributed by atoms with E-state index in [0.717, 1.165) is 5.56 Å². The average molecular weight is 406 g/mol. The normalized spacial score (nSPS) is 13.6. The number of nitrogens with zero attached hydrogens (tertiary/aromatic N) is 2. The lowest BCUT2D eigenvalue weighted by atomic mass is 9.99. The zero-order chi connectivity index (χ0) is 18.3. The van der Waals surface area contributed by atoms with Crippen molar-refractivity contribution in [2.75, 3.05) is 17.2 Å². The Labute approximate surface area is 163 Å². The van der Waals surface area contributed by atoms with Crippen LogP contribution in [0.15, 0.2) is 41.9 Å². The standard InChI is InChI=1S/C18H13Cl2N3O2S/c19-14-8-11(21)9-15(20)16(14)25-12-1-2-13-10(7-12)3-5-23(17(13)24)18-22-4-6-26-18/h1-2,4,6-9H,3,5,21H2. The van der Waals surface area contributed by atoms with Crippen molar-refractivity contribution in [1.29, 1.82) is 0 Å². The molecule has 1 aliphatic rings. The molecule has 1 aromatic heterocycles. The molecule has 0 aliphatic carbocycles. The van der Waals surface area contributed by atoms with Crippen LogP contribution in [0.3, 0.4) is 0 Å². The van der Waals surface area contributed by atoms with Gasteiger partial charge in [-0.3, -0.25) is 9.69 Å². The zero-order valence-electron chi connectivity index (χ0n) is 13.4. The van der Waals surface area contributed by atoms with Crippen molar-refractivity contribution in [3.05, 3.63) is 63.1 Å². The number of benzene rings is 2. The fourth-order valence-corrected chi connectivity index (χ4v) is 4.10. The molecule has 0 fully saturated rings. The first kappa shape index (κ1) is 17.1. The predicted molar refractivity (Wildman–Crippen MR) is 105 cm³/mol. The molecule has 1 aliphatic heterocycles. The second kappa shape index (κ2) is 6.79. The summed E-state index contributed by atoms with van der Waals surface area (Å²) in [6.07, 6.45) is 2.40. The van der Waals surface area contributed by atoms with Crippen molar-refractivity contribution < 1.29 is 9.53 Å². The molecule has 5 nitrogen and oxygen atoms in total. The molecule has 4 rings (SSSR count). The molecule has 0 bridgehead atoms. The van der Waals surface area contributed by atoms with E-state index in [0.29, 0.717) is 50.9 Å². The lowest BCUT2D eigenvalue weighted by Crippen LogP contribution is -2.37. The van der Waals surface area contributed by atoms with Gasteiger partial charge in [-0.05, 0) is 42.3 Å². The first-order chi connectivity index (χ1) is 12.5. The van der Waals surface area contributed by atoms with E-state index in [1.165, 1.54) is 11.3 Å². The lowest BCUT2D eigenvalue weighted by Gasteiger charge is -2.26. The van der Waals surface area contributed by atoms with Crippen LogP contribution in [0.1, 0.15) is 15.9 Å². The van der Waals surface area contributed by atoms with Gasteiger partial charge in [0.05, 0.1) is 10.0 Å². The minimum atomic E-state index is -0.0590. The quantitative estimate of drug-likeness (QED) is 0.620. The Hall–Kier alpha value is -2.28. The summed E-state index contributed by atoms with van der Waals surface area (Å²) in [5.41, 5.74) is 7.74. The van der Waals surface area contributed by atoms with Gasteiger partial charge in [-0.2, -0.15) is 0 Å². The summed E-state index contributed by atoms with van der Waals surface area (Å²) < 4.78 is 5.84. The monoisotopic (exact) mass is 405 g/mol. The molecule has 0 atom stereocenters. The molecule has 8 heteroatoms. The number of aromatic nitrogens is 1. The maximum Gasteiger partial charge on any atom is 0.260 e. The number of carbonyl (C=O) groups is 1. The number of thiazole rings is 1. The van der Waals surface area contributed by atoms with E-state index >= 15 is 0 Å². The second-order valence-electron chi connectivity index (χ2n) is 5.76. The number of amides is 1. The minimum absolute atomic E-state index is 0.0590. The van der Waals surface area contributed by atoms with Crippen LogP contribution in [-0.4, -0.2) is 17.4 Å². The van der Waals surface area contributed by atoms with Crippen LogP contribution in [0, 0.1) is 0 Å². The molecule has 0 saturated carbocycles. The number of rotatable bonds is 3. The van der Waals surface area contributed by atoms with Gasteiger partial charge in [0.15, 0.2) is 10.9 Å². The molecule has 132 valence electrons. The van der Waals surface area contributed by atoms with Gasteiger partial charge < -0.3 is 10.5 Å². The number of nitrogen functional groups attached to an aromatic ring is 1. The summed E-state index contributed by atoms with van der Waals surface area (Å²) in [7, 11) is 0. The first-order valence-electron chi connectivity index (χ1n) is 7.79. The highest BCUT2D eigenvalue weighted by Crippen LogP contribution is 2.39. The third-order valence-corrected chi connectivity index (χ3v) is 5.40. The molecule has 1 amide bonds. The summed E-state index contributed by atoms with van der Waals surface area (Å²) in [4.78, 5) is 18.6. The number of carbonyl (C=O) groups excluding carboxylic acids is 1. The molecular weight excluding hydrogens is 393 g/mol. The van der Waals surface area contributed by atoms with Crippen molar-refractivity contribution >= 4 is 51.3 Å². The Morgan fingerprint density at radius 3 is 2.65 bits per heavy atom. The van der Waals surface area contributed by atoms with Gasteiger partial charge in [0.2, 0.25) is 0 Å². The largest absolute Gasteiger partial charge is 0.454 e. The smallest absolute Gasteiger partial charge is 0.260 e. The fourth-order valence-electron chi connectivity index (χ4n) is 2.85. The van der Waals surface area contributed by atoms with Gasteiger partial charge >= 0.3 is 0 Å². The third kappa shape index (κ3) is 3.11. The van der Waals surface area contributed by atoms with E-state index in [1.807, 2.05) is 11.4 Å². The van der Waals surface area contributed by atoms with Crippen molar-refractivity contribution in [1.82, 2.24) is 4.98 Å². The third-order valence-electron chi connectivity index (χ3n) is 4.05. The predicted octanol–water partition coefficient (Wildman–Crippen LogP) is 5.03. The van der Waals surface area contributed by atoms with Crippen LogP contribution in [0.2, 0.25) is 10.0 Å². The Morgan fingerprint density at radius 1 is 1.19 bits per heavy atom. The molecule has 26 heavy (non-hydrogen) atoms. The van der Waals surface area contributed by atoms with E-state index in [1.54, 1.807) is 35.4 Å². The second-order valence-corrected chi connectivity index (χ2v) is 7.44. The summed E-state index contributed by atoms with van der Waals surface area (Å²) in [6, 6.07) is 8.49. The van der Waals surface area contributed by atoms with Gasteiger partial charge in [0, 0.05) is 29.4 Å². The van der Waals surface area contributed by atoms with Crippen LogP contribution >= 0.6 is 34.5 Å². The highest BCUT2D eigenvalue weighted by Gasteiger charge is 2.27. The SMILES string of the molecule is Nc1cc(Cl)c(Oc2ccc3c(c2)CCN(c2nccs2)C3=O)c(Cl)c1. The lowest BCUT2D eigenvalue weighted by molar-refractivity contribution is 0.0980. The number of nitrogens with two attached hydrogens (primary N) is 1. The van der Waals surface area contributed by atoms with Gasteiger partial charge in [-0.1, -0.05) is 23.2 Å². The van der Waals surface area contributed by atoms with Gasteiger partial charge in [0.1, 0.15) is 5.75 Å². The molecule has 2 aromatic carbocycles. The number of hydrogen-bond acceptors (Lipinski definition) is 5. The average Bonchev–Trinajstić information content (AvgIpc) is 3.12. The van der Waals surface area contributed by atoms with Crippen molar-refractivity contribution in [3.8, 4) is 11.5 Å². The molecule has 0 saturated heterocycles. The summed E-state index contributed by atoms with van der Waals surface area (Å²) in [6.45, 7) is 0.576. The minimum Gasteiger partial charge on any atom is -0.454 e. The van der Waals surface area contributed by atoms with E-state index in [-0.39, 0.29) is 5.91 Å². The fraction of sp³-hybridized carbons (Fsp3) is 0.111. The first-order valence-corrected chi connectivity index (χ1v) is 9.43. The topological polar surface area (TPSA) is 68.5 Å². The molecular formula is C18H13Cl2N3O2S. The van der Waals surface area contributed by atoms with E-state index in [9.17, 15) is 4.79 Å². The molecule has 2 heterocycles. The van der Waals surface area contributed by atoms with Gasteiger partial charge in [-0.15, -0.1) is 11.3 Å². The molecule has 0 spiro atoms. The molecule has 3 aromatic rings. The number of hydrogen-bond donors (Lipinski definition) is 1. The Morgan fingerprint density at radius 2 is 1.96 bits per heavy atom. The highest BCUT2D eigenvalue weighted by molar-refractivity contribution is 7.13. The maximum absolute atomic E-state index is 12.7. The number of anilines is 2. The van der Waals surface area contributed by atoms with Crippen molar-refractivity contribution in [2.24, 2.45) is 0 Å². The number of ether oxygens (including phenoxy) is 1. The van der Waals surface area contributed by atoms with Gasteiger partial charge in [-0.25, -0.2) is 4.98 Å². The summed E-state index contributed by atoms with van der Waals surface area (Å²) >= 11 is 13.8. The Balaban J connectivity index is 1.62. The molecule has 0 unspecified atom stereocenters. The maximum atomic E-state index is 12.7. The van der Waals surface area contributed by atoms with Crippen LogP contribution in [0.4, 0.5) is 10.8 Å². The van der Waals surface area contributed by atoms with Gasteiger partial charge in [0.25, 0.3) is 5.91 Å². The van der Waals surface area contributed by atoms with Crippen LogP contribution in [0.5, 0.6) is 11.5 Å². The number of halogens is 2. The Bertz CT molecular complexity index is 969. The zero-order valence-corrected chi connectivity index (χ0v) is 15.7. The van der Waals surface area contributed by atoms with Crippen molar-refractivity contribution in [2.45, 2.75) is 6.42 Å². The van der Waals surface area contributed by atoms with E-state index in [4.69, 9.17) is 33.7 Å². The van der Waals surface area contributed by atoms with Crippen LogP contribution in [-0.2, 0) is 6.42 Å².